The molecule has 0 amide bonds. The van der Waals surface area contributed by atoms with Gasteiger partial charge in [-0.3, -0.25) is 0 Å². The van der Waals surface area contributed by atoms with Gasteiger partial charge in [0.05, 0.1) is 17.8 Å². The third-order valence-corrected chi connectivity index (χ3v) is 6.01. The zero-order chi connectivity index (χ0) is 24.6. The number of nitrogens with zero attached hydrogens (tertiary/aromatic N) is 2. The summed E-state index contributed by atoms with van der Waals surface area (Å²) in [5.74, 6) is -2.15. The Kier molecular flexibility index (Phi) is 6.09. The molecule has 1 unspecified atom stereocenters. The first kappa shape index (κ1) is 23.4. The predicted octanol–water partition coefficient (Wildman–Crippen LogP) is 8.10. The first-order valence-corrected chi connectivity index (χ1v) is 11.0. The van der Waals surface area contributed by atoms with Crippen LogP contribution < -0.4 is 5.32 Å². The quantitative estimate of drug-likeness (QED) is 0.294. The van der Waals surface area contributed by atoms with Gasteiger partial charge in [0.25, 0.3) is 0 Å². The molecule has 2 N–H and O–H groups in total. The number of aromatic nitrogens is 2. The maximum absolute atomic E-state index is 16.0. The molecule has 2 aromatic heterocycles. The smallest absolute Gasteiger partial charge is 0.223 e. The molecule has 0 radical (unpaired) electrons. The molecule has 0 fully saturated rings. The van der Waals surface area contributed by atoms with Gasteiger partial charge in [-0.05, 0) is 23.5 Å². The van der Waals surface area contributed by atoms with Crippen LogP contribution in [0.1, 0.15) is 34.1 Å². The van der Waals surface area contributed by atoms with E-state index in [9.17, 15) is 8.78 Å². The normalized spacial score (nSPS) is 12.5. The summed E-state index contributed by atoms with van der Waals surface area (Å²) >= 11 is 0. The molecule has 0 bridgehead atoms. The molecule has 4 rings (SSSR count). The second kappa shape index (κ2) is 8.86. The number of rotatable bonds is 5. The molecule has 7 heteroatoms. The highest BCUT2D eigenvalue weighted by Gasteiger charge is 2.28. The van der Waals surface area contributed by atoms with Crippen molar-refractivity contribution in [2.24, 2.45) is 5.41 Å². The Bertz CT molecular complexity index is 1400. The van der Waals surface area contributed by atoms with Crippen molar-refractivity contribution in [3.8, 4) is 22.4 Å². The number of H-pyrrole nitrogens is 1. The molecule has 0 aliphatic carbocycles. The second-order valence-electron chi connectivity index (χ2n) is 9.31. The van der Waals surface area contributed by atoms with E-state index in [0.29, 0.717) is 17.5 Å². The van der Waals surface area contributed by atoms with Gasteiger partial charge in [0.15, 0.2) is 11.6 Å². The average Bonchev–Trinajstić information content (AvgIpc) is 3.21. The highest BCUT2D eigenvalue weighted by molar-refractivity contribution is 6.01. The standard InChI is InChI=1S/C27H25F3N4/c1-6-20(27(2,3)4)33-26-22(30)21(15-10-8-7-9-11-15)25(31-5)24(34-26)18-14-32-23-17(18)12-16(28)13-19(23)29/h7-14,20,32H,6H2,1-4H3,(H,33,34). The maximum Gasteiger partial charge on any atom is 0.223 e. The molecular formula is C27H25F3N4. The monoisotopic (exact) mass is 462 g/mol. The van der Waals surface area contributed by atoms with Crippen molar-refractivity contribution in [1.29, 1.82) is 0 Å². The van der Waals surface area contributed by atoms with Crippen LogP contribution in [0.3, 0.4) is 0 Å². The fraction of sp³-hybridized carbons (Fsp3) is 0.259. The van der Waals surface area contributed by atoms with Gasteiger partial charge < -0.3 is 10.3 Å². The first-order chi connectivity index (χ1) is 16.2. The molecule has 2 aromatic carbocycles. The minimum absolute atomic E-state index is 0.00532. The highest BCUT2D eigenvalue weighted by Crippen LogP contribution is 2.44. The zero-order valence-corrected chi connectivity index (χ0v) is 19.4. The summed E-state index contributed by atoms with van der Waals surface area (Å²) in [6, 6.07) is 10.6. The number of hydrogen-bond acceptors (Lipinski definition) is 2. The van der Waals surface area contributed by atoms with E-state index in [2.05, 4.69) is 20.1 Å². The number of nitrogens with one attached hydrogen (secondary N) is 2. The van der Waals surface area contributed by atoms with Gasteiger partial charge in [-0.15, -0.1) is 0 Å². The van der Waals surface area contributed by atoms with Crippen molar-refractivity contribution >= 4 is 22.4 Å². The summed E-state index contributed by atoms with van der Waals surface area (Å²) in [6.07, 6.45) is 2.19. The van der Waals surface area contributed by atoms with Gasteiger partial charge in [-0.25, -0.2) is 23.0 Å². The van der Waals surface area contributed by atoms with E-state index in [1.807, 2.05) is 27.7 Å². The minimum Gasteiger partial charge on any atom is -0.364 e. The number of pyridine rings is 1. The highest BCUT2D eigenvalue weighted by atomic mass is 19.1. The third-order valence-electron chi connectivity index (χ3n) is 6.01. The molecular weight excluding hydrogens is 437 g/mol. The minimum atomic E-state index is -0.756. The Morgan fingerprint density at radius 2 is 1.82 bits per heavy atom. The third kappa shape index (κ3) is 4.12. The van der Waals surface area contributed by atoms with Crippen LogP contribution in [0.4, 0.5) is 24.7 Å². The molecule has 0 spiro atoms. The van der Waals surface area contributed by atoms with E-state index in [1.165, 1.54) is 12.3 Å². The van der Waals surface area contributed by atoms with Crippen LogP contribution in [-0.4, -0.2) is 16.0 Å². The maximum atomic E-state index is 16.0. The lowest BCUT2D eigenvalue weighted by atomic mass is 9.85. The van der Waals surface area contributed by atoms with Crippen LogP contribution in [-0.2, 0) is 0 Å². The summed E-state index contributed by atoms with van der Waals surface area (Å²) in [4.78, 5) is 10.9. The molecule has 1 atom stereocenters. The van der Waals surface area contributed by atoms with Crippen molar-refractivity contribution < 1.29 is 13.2 Å². The Morgan fingerprint density at radius 3 is 2.44 bits per heavy atom. The van der Waals surface area contributed by atoms with Crippen LogP contribution in [0.2, 0.25) is 0 Å². The Morgan fingerprint density at radius 1 is 1.12 bits per heavy atom. The van der Waals surface area contributed by atoms with Gasteiger partial charge in [0.2, 0.25) is 5.69 Å². The lowest BCUT2D eigenvalue weighted by molar-refractivity contribution is 0.332. The molecule has 0 saturated heterocycles. The van der Waals surface area contributed by atoms with Gasteiger partial charge in [0.1, 0.15) is 11.6 Å². The van der Waals surface area contributed by atoms with Crippen LogP contribution in [0.5, 0.6) is 0 Å². The molecule has 0 aliphatic heterocycles. The van der Waals surface area contributed by atoms with Gasteiger partial charge in [-0.2, -0.15) is 0 Å². The average molecular weight is 463 g/mol. The summed E-state index contributed by atoms with van der Waals surface area (Å²) in [7, 11) is 0. The van der Waals surface area contributed by atoms with E-state index in [1.54, 1.807) is 30.3 Å². The van der Waals surface area contributed by atoms with E-state index < -0.39 is 17.5 Å². The molecule has 4 aromatic rings. The molecule has 0 aliphatic rings. The van der Waals surface area contributed by atoms with Gasteiger partial charge >= 0.3 is 0 Å². The van der Waals surface area contributed by atoms with E-state index in [-0.39, 0.29) is 45.1 Å². The summed E-state index contributed by atoms with van der Waals surface area (Å²) in [5.41, 5.74) is 0.957. The van der Waals surface area contributed by atoms with E-state index in [4.69, 9.17) is 6.57 Å². The van der Waals surface area contributed by atoms with Gasteiger partial charge in [-0.1, -0.05) is 58.0 Å². The lowest BCUT2D eigenvalue weighted by Crippen LogP contribution is -2.34. The molecule has 0 saturated carbocycles. The Hall–Kier alpha value is -3.79. The van der Waals surface area contributed by atoms with Crippen molar-refractivity contribution in [3.63, 3.8) is 0 Å². The van der Waals surface area contributed by atoms with Crippen LogP contribution in [0.15, 0.2) is 48.7 Å². The second-order valence-corrected chi connectivity index (χ2v) is 9.31. The van der Waals surface area contributed by atoms with Crippen molar-refractivity contribution in [2.45, 2.75) is 40.2 Å². The molecule has 34 heavy (non-hydrogen) atoms. The molecule has 4 nitrogen and oxygen atoms in total. The number of anilines is 1. The summed E-state index contributed by atoms with van der Waals surface area (Å²) < 4.78 is 44.4. The number of aromatic amines is 1. The van der Waals surface area contributed by atoms with Crippen LogP contribution in [0.25, 0.3) is 38.1 Å². The predicted molar refractivity (Wildman–Crippen MR) is 130 cm³/mol. The topological polar surface area (TPSA) is 45.1 Å². The first-order valence-electron chi connectivity index (χ1n) is 11.0. The Labute approximate surface area is 196 Å². The lowest BCUT2D eigenvalue weighted by Gasteiger charge is -2.31. The van der Waals surface area contributed by atoms with Crippen LogP contribution >= 0.6 is 0 Å². The summed E-state index contributed by atoms with van der Waals surface area (Å²) in [6.45, 7) is 16.0. The van der Waals surface area contributed by atoms with E-state index >= 15 is 4.39 Å². The van der Waals surface area contributed by atoms with E-state index in [0.717, 1.165) is 6.07 Å². The van der Waals surface area contributed by atoms with Crippen LogP contribution in [0, 0.1) is 29.4 Å². The van der Waals surface area contributed by atoms with Gasteiger partial charge in [0, 0.05) is 34.8 Å². The number of fused-ring (bicyclic) bond motifs is 1. The number of halogens is 3. The number of benzene rings is 2. The SMILES string of the molecule is [C-]#[N+]c1c(-c2c[nH]c3c(F)cc(F)cc23)nc(NC(CC)C(C)(C)C)c(F)c1-c1ccccc1. The van der Waals surface area contributed by atoms with Crippen molar-refractivity contribution in [3.05, 3.63) is 77.5 Å². The fourth-order valence-corrected chi connectivity index (χ4v) is 4.26. The zero-order valence-electron chi connectivity index (χ0n) is 19.4. The molecule has 174 valence electrons. The Balaban J connectivity index is 2.05. The van der Waals surface area contributed by atoms with Crippen molar-refractivity contribution in [1.82, 2.24) is 9.97 Å². The number of hydrogen-bond donors (Lipinski definition) is 2. The molecule has 2 heterocycles. The fourth-order valence-electron chi connectivity index (χ4n) is 4.26. The van der Waals surface area contributed by atoms with Crippen molar-refractivity contribution in [2.75, 3.05) is 5.32 Å². The largest absolute Gasteiger partial charge is 0.364 e. The summed E-state index contributed by atoms with van der Waals surface area (Å²) in [5, 5.41) is 3.46.